The van der Waals surface area contributed by atoms with Crippen LogP contribution in [0.1, 0.15) is 19.4 Å². The number of hydrogen-bond donors (Lipinski definition) is 1. The Morgan fingerprint density at radius 3 is 3.00 bits per heavy atom. The van der Waals surface area contributed by atoms with E-state index in [1.54, 1.807) is 17.1 Å². The van der Waals surface area contributed by atoms with Gasteiger partial charge < -0.3 is 5.11 Å². The summed E-state index contributed by atoms with van der Waals surface area (Å²) in [5.41, 5.74) is 0. The average Bonchev–Trinajstić information content (AvgIpc) is 2.38. The maximum absolute atomic E-state index is 8.57. The van der Waals surface area contributed by atoms with Crippen LogP contribution in [-0.2, 0) is 0 Å². The second-order valence-electron chi connectivity index (χ2n) is 2.24. The van der Waals surface area contributed by atoms with Crippen LogP contribution in [0, 0.1) is 0 Å². The van der Waals surface area contributed by atoms with Gasteiger partial charge in [0.25, 0.3) is 0 Å². The molecule has 0 radical (unpaired) electrons. The zero-order valence-electron chi connectivity index (χ0n) is 5.94. The number of nitrogens with zero attached hydrogens (tertiary/aromatic N) is 3. The van der Waals surface area contributed by atoms with Crippen LogP contribution in [0.2, 0.25) is 0 Å². The molecule has 10 heavy (non-hydrogen) atoms. The van der Waals surface area contributed by atoms with Gasteiger partial charge in [-0.15, -0.1) is 5.10 Å². The zero-order chi connectivity index (χ0) is 7.40. The molecule has 4 nitrogen and oxygen atoms in total. The van der Waals surface area contributed by atoms with Gasteiger partial charge in [0.05, 0.1) is 12.2 Å². The molecular formula is C6H11N3O. The Morgan fingerprint density at radius 1 is 1.70 bits per heavy atom. The van der Waals surface area contributed by atoms with E-state index in [0.717, 1.165) is 6.42 Å². The number of aliphatic hydroxyl groups excluding tert-OH is 1. The van der Waals surface area contributed by atoms with Gasteiger partial charge in [-0.25, -0.2) is 4.68 Å². The van der Waals surface area contributed by atoms with Gasteiger partial charge in [-0.2, -0.15) is 0 Å². The fourth-order valence-electron chi connectivity index (χ4n) is 0.772. The minimum absolute atomic E-state index is 0.195. The molecule has 0 saturated heterocycles. The van der Waals surface area contributed by atoms with E-state index in [1.165, 1.54) is 0 Å². The second-order valence-corrected chi connectivity index (χ2v) is 2.24. The van der Waals surface area contributed by atoms with Crippen molar-refractivity contribution in [1.29, 1.82) is 0 Å². The summed E-state index contributed by atoms with van der Waals surface area (Å²) < 4.78 is 1.73. The molecule has 0 bridgehead atoms. The quantitative estimate of drug-likeness (QED) is 0.655. The fourth-order valence-corrected chi connectivity index (χ4v) is 0.772. The van der Waals surface area contributed by atoms with Crippen LogP contribution in [0.25, 0.3) is 0 Å². The molecule has 4 heteroatoms. The molecule has 1 rings (SSSR count). The summed E-state index contributed by atoms with van der Waals surface area (Å²) >= 11 is 0. The van der Waals surface area contributed by atoms with Crippen molar-refractivity contribution in [3.05, 3.63) is 12.4 Å². The van der Waals surface area contributed by atoms with Crippen molar-refractivity contribution in [2.45, 2.75) is 19.4 Å². The number of aromatic nitrogens is 3. The van der Waals surface area contributed by atoms with Crippen molar-refractivity contribution < 1.29 is 5.11 Å². The number of hydrogen-bond acceptors (Lipinski definition) is 3. The predicted molar refractivity (Wildman–Crippen MR) is 36.4 cm³/mol. The Balaban J connectivity index is 2.50. The van der Waals surface area contributed by atoms with E-state index in [0.29, 0.717) is 0 Å². The maximum Gasteiger partial charge on any atom is 0.0693 e. The first-order chi connectivity index (χ1) is 4.84. The average molecular weight is 141 g/mol. The number of aliphatic hydroxyl groups is 1. The van der Waals surface area contributed by atoms with Crippen LogP contribution >= 0.6 is 0 Å². The highest BCUT2D eigenvalue weighted by molar-refractivity contribution is 4.69. The van der Waals surface area contributed by atoms with Gasteiger partial charge in [-0.05, 0) is 13.3 Å². The molecule has 1 heterocycles. The van der Waals surface area contributed by atoms with Crippen molar-refractivity contribution in [2.24, 2.45) is 0 Å². The summed E-state index contributed by atoms with van der Waals surface area (Å²) in [5.74, 6) is 0. The van der Waals surface area contributed by atoms with Gasteiger partial charge in [0, 0.05) is 12.8 Å². The minimum atomic E-state index is 0.195. The Labute approximate surface area is 59.5 Å². The summed E-state index contributed by atoms with van der Waals surface area (Å²) in [6, 6.07) is 0.243. The first-order valence-electron chi connectivity index (χ1n) is 3.31. The van der Waals surface area contributed by atoms with Gasteiger partial charge in [-0.3, -0.25) is 0 Å². The second kappa shape index (κ2) is 3.31. The highest BCUT2D eigenvalue weighted by atomic mass is 16.3. The van der Waals surface area contributed by atoms with Crippen LogP contribution in [0.15, 0.2) is 12.4 Å². The highest BCUT2D eigenvalue weighted by Crippen LogP contribution is 2.05. The van der Waals surface area contributed by atoms with Crippen LogP contribution in [-0.4, -0.2) is 26.7 Å². The van der Waals surface area contributed by atoms with Crippen molar-refractivity contribution in [3.63, 3.8) is 0 Å². The molecule has 0 aromatic carbocycles. The molecule has 0 amide bonds. The molecule has 0 aliphatic rings. The third kappa shape index (κ3) is 1.54. The molecule has 0 aliphatic heterocycles. The molecule has 1 aromatic heterocycles. The summed E-state index contributed by atoms with van der Waals surface area (Å²) in [6.07, 6.45) is 4.15. The van der Waals surface area contributed by atoms with Crippen molar-refractivity contribution in [3.8, 4) is 0 Å². The third-order valence-electron chi connectivity index (χ3n) is 1.44. The van der Waals surface area contributed by atoms with E-state index in [2.05, 4.69) is 10.3 Å². The van der Waals surface area contributed by atoms with E-state index < -0.39 is 0 Å². The zero-order valence-corrected chi connectivity index (χ0v) is 5.94. The molecule has 0 aliphatic carbocycles. The van der Waals surface area contributed by atoms with Gasteiger partial charge in [0.2, 0.25) is 0 Å². The van der Waals surface area contributed by atoms with Crippen molar-refractivity contribution in [1.82, 2.24) is 15.0 Å². The van der Waals surface area contributed by atoms with Crippen LogP contribution in [0.4, 0.5) is 0 Å². The van der Waals surface area contributed by atoms with Gasteiger partial charge in [-0.1, -0.05) is 5.21 Å². The van der Waals surface area contributed by atoms with E-state index in [-0.39, 0.29) is 12.6 Å². The van der Waals surface area contributed by atoms with Crippen LogP contribution in [0.5, 0.6) is 0 Å². The monoisotopic (exact) mass is 141 g/mol. The summed E-state index contributed by atoms with van der Waals surface area (Å²) in [4.78, 5) is 0. The van der Waals surface area contributed by atoms with Crippen LogP contribution < -0.4 is 0 Å². The predicted octanol–water partition coefficient (Wildman–Crippen LogP) is 0.221. The van der Waals surface area contributed by atoms with Gasteiger partial charge >= 0.3 is 0 Å². The van der Waals surface area contributed by atoms with E-state index in [9.17, 15) is 0 Å². The Bertz CT molecular complexity index is 173. The van der Waals surface area contributed by atoms with Gasteiger partial charge in [0.1, 0.15) is 0 Å². The largest absolute Gasteiger partial charge is 0.396 e. The Kier molecular flexibility index (Phi) is 2.39. The van der Waals surface area contributed by atoms with Crippen LogP contribution in [0.3, 0.4) is 0 Å². The Morgan fingerprint density at radius 2 is 2.50 bits per heavy atom. The SMILES string of the molecule is CC(CCO)n1ccnn1. The fraction of sp³-hybridized carbons (Fsp3) is 0.667. The molecule has 0 spiro atoms. The summed E-state index contributed by atoms with van der Waals surface area (Å²) in [7, 11) is 0. The molecule has 1 aromatic rings. The lowest BCUT2D eigenvalue weighted by Gasteiger charge is -2.07. The summed E-state index contributed by atoms with van der Waals surface area (Å²) in [6.45, 7) is 2.19. The Hall–Kier alpha value is -0.900. The smallest absolute Gasteiger partial charge is 0.0693 e. The molecule has 0 fully saturated rings. The van der Waals surface area contributed by atoms with Crippen molar-refractivity contribution >= 4 is 0 Å². The van der Waals surface area contributed by atoms with E-state index >= 15 is 0 Å². The minimum Gasteiger partial charge on any atom is -0.396 e. The van der Waals surface area contributed by atoms with Crippen molar-refractivity contribution in [2.75, 3.05) is 6.61 Å². The normalized spacial score (nSPS) is 13.4. The highest BCUT2D eigenvalue weighted by Gasteiger charge is 2.01. The third-order valence-corrected chi connectivity index (χ3v) is 1.44. The lowest BCUT2D eigenvalue weighted by molar-refractivity contribution is 0.256. The lowest BCUT2D eigenvalue weighted by atomic mass is 10.2. The maximum atomic E-state index is 8.57. The first kappa shape index (κ1) is 7.21. The molecule has 0 saturated carbocycles. The van der Waals surface area contributed by atoms with E-state index in [1.807, 2.05) is 6.92 Å². The van der Waals surface area contributed by atoms with E-state index in [4.69, 9.17) is 5.11 Å². The molecule has 56 valence electrons. The standard InChI is InChI=1S/C6H11N3O/c1-6(2-5-10)9-4-3-7-8-9/h3-4,6,10H,2,5H2,1H3. The first-order valence-corrected chi connectivity index (χ1v) is 3.31. The molecular weight excluding hydrogens is 130 g/mol. The topological polar surface area (TPSA) is 50.9 Å². The van der Waals surface area contributed by atoms with Gasteiger partial charge in [0.15, 0.2) is 0 Å². The molecule has 1 unspecified atom stereocenters. The molecule has 1 N–H and O–H groups in total. The lowest BCUT2D eigenvalue weighted by Crippen LogP contribution is -2.07. The molecule has 1 atom stereocenters. The number of rotatable bonds is 3. The summed E-state index contributed by atoms with van der Waals surface area (Å²) in [5, 5.41) is 16.0.